The number of aliphatic imine (C=N–C) groups is 1. The highest BCUT2D eigenvalue weighted by atomic mass is 15.3. The first kappa shape index (κ1) is 17.1. The number of nitrogens with one attached hydrogen (secondary N) is 1. The summed E-state index contributed by atoms with van der Waals surface area (Å²) >= 11 is 0. The highest BCUT2D eigenvalue weighted by Crippen LogP contribution is 2.05. The zero-order valence-electron chi connectivity index (χ0n) is 14.7. The lowest BCUT2D eigenvalue weighted by molar-refractivity contribution is 0.461. The molecular formula is C17H28N6. The molecule has 0 spiro atoms. The van der Waals surface area contributed by atoms with Gasteiger partial charge in [-0.05, 0) is 37.5 Å². The van der Waals surface area contributed by atoms with E-state index in [1.54, 1.807) is 0 Å². The van der Waals surface area contributed by atoms with Crippen molar-refractivity contribution < 1.29 is 0 Å². The second-order valence-corrected chi connectivity index (χ2v) is 5.83. The number of nitrogens with zero attached hydrogens (tertiary/aromatic N) is 5. The highest BCUT2D eigenvalue weighted by molar-refractivity contribution is 5.79. The Balaban J connectivity index is 1.87. The van der Waals surface area contributed by atoms with Crippen LogP contribution in [0.4, 0.5) is 0 Å². The van der Waals surface area contributed by atoms with Crippen LogP contribution >= 0.6 is 0 Å². The lowest BCUT2D eigenvalue weighted by Gasteiger charge is -2.22. The normalized spacial score (nSPS) is 11.7. The molecule has 0 aliphatic carbocycles. The van der Waals surface area contributed by atoms with Gasteiger partial charge in [0.1, 0.15) is 0 Å². The molecule has 2 heterocycles. The molecule has 0 radical (unpaired) electrons. The van der Waals surface area contributed by atoms with Crippen LogP contribution in [0.1, 0.15) is 24.6 Å². The van der Waals surface area contributed by atoms with Crippen molar-refractivity contribution in [2.24, 2.45) is 19.1 Å². The third kappa shape index (κ3) is 5.16. The van der Waals surface area contributed by atoms with Gasteiger partial charge in [-0.15, -0.1) is 0 Å². The van der Waals surface area contributed by atoms with Gasteiger partial charge in [0.2, 0.25) is 0 Å². The summed E-state index contributed by atoms with van der Waals surface area (Å²) in [7, 11) is 6.10. The fraction of sp³-hybridized carbons (Fsp3) is 0.529. The van der Waals surface area contributed by atoms with Crippen LogP contribution < -0.4 is 5.32 Å². The van der Waals surface area contributed by atoms with Crippen molar-refractivity contribution in [3.63, 3.8) is 0 Å². The zero-order chi connectivity index (χ0) is 16.7. The molecular weight excluding hydrogens is 288 g/mol. The first-order valence-corrected chi connectivity index (χ1v) is 8.17. The van der Waals surface area contributed by atoms with Gasteiger partial charge >= 0.3 is 0 Å². The van der Waals surface area contributed by atoms with Gasteiger partial charge in [-0.25, -0.2) is 0 Å². The average Bonchev–Trinajstić information content (AvgIpc) is 3.11. The summed E-state index contributed by atoms with van der Waals surface area (Å²) in [5, 5.41) is 7.56. The van der Waals surface area contributed by atoms with Gasteiger partial charge in [0.05, 0.1) is 12.7 Å². The maximum absolute atomic E-state index is 4.74. The van der Waals surface area contributed by atoms with Crippen LogP contribution in [0, 0.1) is 0 Å². The summed E-state index contributed by atoms with van der Waals surface area (Å²) < 4.78 is 3.98. The van der Waals surface area contributed by atoms with E-state index in [-0.39, 0.29) is 0 Å². The predicted octanol–water partition coefficient (Wildman–Crippen LogP) is 1.79. The Morgan fingerprint density at radius 3 is 2.83 bits per heavy atom. The molecule has 0 aliphatic rings. The monoisotopic (exact) mass is 316 g/mol. The third-order valence-electron chi connectivity index (χ3n) is 3.79. The summed E-state index contributed by atoms with van der Waals surface area (Å²) in [6.45, 7) is 4.63. The van der Waals surface area contributed by atoms with Crippen molar-refractivity contribution in [1.29, 1.82) is 0 Å². The van der Waals surface area contributed by atoms with Crippen LogP contribution in [-0.4, -0.2) is 45.3 Å². The topological polar surface area (TPSA) is 50.4 Å². The van der Waals surface area contributed by atoms with Crippen LogP contribution in [0.25, 0.3) is 0 Å². The fourth-order valence-electron chi connectivity index (χ4n) is 2.52. The van der Waals surface area contributed by atoms with E-state index in [1.165, 1.54) is 11.3 Å². The molecule has 0 amide bonds. The van der Waals surface area contributed by atoms with Crippen molar-refractivity contribution in [3.8, 4) is 0 Å². The molecule has 0 fully saturated rings. The van der Waals surface area contributed by atoms with Gasteiger partial charge in [-0.2, -0.15) is 5.10 Å². The van der Waals surface area contributed by atoms with Crippen LogP contribution in [0.5, 0.6) is 0 Å². The molecule has 0 bridgehead atoms. The Hall–Kier alpha value is -2.24. The van der Waals surface area contributed by atoms with E-state index in [4.69, 9.17) is 4.99 Å². The number of guanidine groups is 1. The first-order chi connectivity index (χ1) is 11.1. The van der Waals surface area contributed by atoms with Crippen molar-refractivity contribution >= 4 is 5.96 Å². The Morgan fingerprint density at radius 2 is 2.22 bits per heavy atom. The predicted molar refractivity (Wildman–Crippen MR) is 94.4 cm³/mol. The maximum Gasteiger partial charge on any atom is 0.194 e. The van der Waals surface area contributed by atoms with E-state index in [0.29, 0.717) is 0 Å². The molecule has 2 rings (SSSR count). The number of rotatable bonds is 7. The summed E-state index contributed by atoms with van der Waals surface area (Å²) in [6.07, 6.45) is 8.10. The Kier molecular flexibility index (Phi) is 6.26. The Labute approximate surface area is 138 Å². The number of aryl methyl sites for hydroxylation is 3. The minimum absolute atomic E-state index is 0.814. The zero-order valence-corrected chi connectivity index (χ0v) is 14.7. The molecule has 6 heteroatoms. The molecule has 23 heavy (non-hydrogen) atoms. The van der Waals surface area contributed by atoms with Crippen LogP contribution in [0.2, 0.25) is 0 Å². The van der Waals surface area contributed by atoms with Gasteiger partial charge in [0.15, 0.2) is 5.96 Å². The minimum Gasteiger partial charge on any atom is -0.357 e. The van der Waals surface area contributed by atoms with Crippen LogP contribution in [0.15, 0.2) is 35.7 Å². The lowest BCUT2D eigenvalue weighted by Crippen LogP contribution is -2.38. The summed E-state index contributed by atoms with van der Waals surface area (Å²) in [5.41, 5.74) is 2.54. The lowest BCUT2D eigenvalue weighted by atomic mass is 10.2. The summed E-state index contributed by atoms with van der Waals surface area (Å²) in [5.74, 6) is 0.958. The molecule has 6 nitrogen and oxygen atoms in total. The SMILES string of the molecule is CCNC(=NCCCc1cnn(C)c1)N(C)Cc1cccn1C. The van der Waals surface area contributed by atoms with E-state index >= 15 is 0 Å². The molecule has 0 saturated carbocycles. The second kappa shape index (κ2) is 8.41. The largest absolute Gasteiger partial charge is 0.357 e. The van der Waals surface area contributed by atoms with Gasteiger partial charge < -0.3 is 14.8 Å². The van der Waals surface area contributed by atoms with E-state index in [1.807, 2.05) is 17.9 Å². The smallest absolute Gasteiger partial charge is 0.194 e. The molecule has 0 saturated heterocycles. The van der Waals surface area contributed by atoms with E-state index < -0.39 is 0 Å². The van der Waals surface area contributed by atoms with Gasteiger partial charge in [0.25, 0.3) is 0 Å². The summed E-state index contributed by atoms with van der Waals surface area (Å²) in [6, 6.07) is 4.21. The van der Waals surface area contributed by atoms with E-state index in [2.05, 4.69) is 65.4 Å². The van der Waals surface area contributed by atoms with Crippen molar-refractivity contribution in [2.45, 2.75) is 26.3 Å². The fourth-order valence-corrected chi connectivity index (χ4v) is 2.52. The Bertz CT molecular complexity index is 625. The molecule has 0 atom stereocenters. The third-order valence-corrected chi connectivity index (χ3v) is 3.79. The van der Waals surface area contributed by atoms with E-state index in [0.717, 1.165) is 38.4 Å². The molecule has 1 N–H and O–H groups in total. The molecule has 0 aliphatic heterocycles. The van der Waals surface area contributed by atoms with Crippen molar-refractivity contribution in [2.75, 3.05) is 20.1 Å². The highest BCUT2D eigenvalue weighted by Gasteiger charge is 2.08. The Morgan fingerprint density at radius 1 is 1.39 bits per heavy atom. The average molecular weight is 316 g/mol. The first-order valence-electron chi connectivity index (χ1n) is 8.17. The van der Waals surface area contributed by atoms with Gasteiger partial charge in [-0.1, -0.05) is 0 Å². The van der Waals surface area contributed by atoms with E-state index in [9.17, 15) is 0 Å². The van der Waals surface area contributed by atoms with Gasteiger partial charge in [-0.3, -0.25) is 9.67 Å². The quantitative estimate of drug-likeness (QED) is 0.481. The molecule has 126 valence electrons. The van der Waals surface area contributed by atoms with Crippen LogP contribution in [-0.2, 0) is 27.1 Å². The number of hydrogen-bond acceptors (Lipinski definition) is 2. The number of hydrogen-bond donors (Lipinski definition) is 1. The molecule has 2 aromatic heterocycles. The molecule has 0 aromatic carbocycles. The standard InChI is InChI=1S/C17H28N6/c1-5-18-17(22(3)14-16-9-7-11-21(16)2)19-10-6-8-15-12-20-23(4)13-15/h7,9,11-13H,5-6,8,10,14H2,1-4H3,(H,18,19). The maximum atomic E-state index is 4.74. The number of aromatic nitrogens is 3. The second-order valence-electron chi connectivity index (χ2n) is 5.83. The van der Waals surface area contributed by atoms with Gasteiger partial charge in [0, 0.05) is 52.3 Å². The molecule has 2 aromatic rings. The molecule has 0 unspecified atom stereocenters. The van der Waals surface area contributed by atoms with Crippen LogP contribution in [0.3, 0.4) is 0 Å². The minimum atomic E-state index is 0.814. The summed E-state index contributed by atoms with van der Waals surface area (Å²) in [4.78, 5) is 6.91. The van der Waals surface area contributed by atoms with Crippen molar-refractivity contribution in [3.05, 3.63) is 42.0 Å². The van der Waals surface area contributed by atoms with Crippen molar-refractivity contribution in [1.82, 2.24) is 24.6 Å².